The quantitative estimate of drug-likeness (QED) is 0.0847. The molecule has 7 nitrogen and oxygen atoms in total. The molecular formula is C87H111N3O4. The summed E-state index contributed by atoms with van der Waals surface area (Å²) in [6.07, 6.45) is 12.8. The Kier molecular flexibility index (Phi) is 38.3. The Morgan fingerprint density at radius 3 is 1.14 bits per heavy atom. The fraction of sp³-hybridized carbons (Fsp3) is 0.345. The molecule has 0 saturated heterocycles. The first kappa shape index (κ1) is 78.3. The second kappa shape index (κ2) is 46.0. The van der Waals surface area contributed by atoms with Crippen LogP contribution in [0.3, 0.4) is 0 Å². The van der Waals surface area contributed by atoms with E-state index in [-0.39, 0.29) is 18.3 Å². The lowest BCUT2D eigenvalue weighted by Crippen LogP contribution is -2.02. The zero-order valence-corrected chi connectivity index (χ0v) is 59.7. The van der Waals surface area contributed by atoms with E-state index in [2.05, 4.69) is 254 Å². The summed E-state index contributed by atoms with van der Waals surface area (Å²) in [6, 6.07) is 79.7. The molecule has 498 valence electrons. The number of para-hydroxylation sites is 1. The van der Waals surface area contributed by atoms with E-state index in [0.717, 1.165) is 29.2 Å². The van der Waals surface area contributed by atoms with Crippen molar-refractivity contribution in [1.82, 2.24) is 15.0 Å². The Labute approximate surface area is 567 Å². The molecule has 3 heterocycles. The van der Waals surface area contributed by atoms with Crippen LogP contribution in [0.15, 0.2) is 262 Å². The summed E-state index contributed by atoms with van der Waals surface area (Å²) in [4.78, 5) is 12.4. The number of benzene rings is 8. The van der Waals surface area contributed by atoms with Crippen molar-refractivity contribution < 1.29 is 18.9 Å². The first-order valence-electron chi connectivity index (χ1n) is 33.9. The van der Waals surface area contributed by atoms with E-state index in [0.29, 0.717) is 43.7 Å². The van der Waals surface area contributed by atoms with E-state index < -0.39 is 0 Å². The molecule has 0 atom stereocenters. The van der Waals surface area contributed by atoms with Crippen molar-refractivity contribution in [1.29, 1.82) is 0 Å². The molecular weight excluding hydrogens is 1150 g/mol. The normalized spacial score (nSPS) is 10.7. The Morgan fingerprint density at radius 2 is 0.670 bits per heavy atom. The van der Waals surface area contributed by atoms with Crippen LogP contribution in [0.1, 0.15) is 179 Å². The van der Waals surface area contributed by atoms with Crippen molar-refractivity contribution >= 4 is 32.4 Å². The summed E-state index contributed by atoms with van der Waals surface area (Å²) in [5, 5.41) is 6.40. The van der Waals surface area contributed by atoms with Gasteiger partial charge < -0.3 is 18.9 Å². The number of nitrogens with zero attached hydrogens (tertiary/aromatic N) is 3. The zero-order chi connectivity index (χ0) is 68.3. The van der Waals surface area contributed by atoms with Gasteiger partial charge in [0.05, 0.1) is 56.4 Å². The molecule has 7 heteroatoms. The maximum absolute atomic E-state index is 5.58. The second-order valence-electron chi connectivity index (χ2n) is 25.7. The van der Waals surface area contributed by atoms with Gasteiger partial charge in [-0.1, -0.05) is 256 Å². The molecule has 0 radical (unpaired) electrons. The van der Waals surface area contributed by atoms with Gasteiger partial charge in [-0.3, -0.25) is 15.0 Å². The predicted molar refractivity (Wildman–Crippen MR) is 403 cm³/mol. The van der Waals surface area contributed by atoms with Gasteiger partial charge in [-0.05, 0) is 188 Å². The van der Waals surface area contributed by atoms with Gasteiger partial charge in [-0.15, -0.1) is 0 Å². The van der Waals surface area contributed by atoms with Gasteiger partial charge in [0.15, 0.2) is 0 Å². The Balaban J connectivity index is 0.000000230. The molecule has 0 fully saturated rings. The van der Waals surface area contributed by atoms with Crippen molar-refractivity contribution in [2.45, 2.75) is 192 Å². The van der Waals surface area contributed by atoms with Crippen molar-refractivity contribution in [3.63, 3.8) is 0 Å². The molecule has 8 aromatic carbocycles. The van der Waals surface area contributed by atoms with Gasteiger partial charge in [0.2, 0.25) is 0 Å². The number of hydrogen-bond acceptors (Lipinski definition) is 7. The summed E-state index contributed by atoms with van der Waals surface area (Å²) in [6.45, 7) is 36.8. The van der Waals surface area contributed by atoms with Crippen molar-refractivity contribution in [2.24, 2.45) is 5.92 Å². The van der Waals surface area contributed by atoms with E-state index in [4.69, 9.17) is 18.9 Å². The van der Waals surface area contributed by atoms with Crippen LogP contribution in [-0.4, -0.2) is 39.4 Å². The number of aryl methyl sites for hydroxylation is 1. The summed E-state index contributed by atoms with van der Waals surface area (Å²) in [5.74, 6) is 2.68. The number of ether oxygens (including phenoxy) is 4. The monoisotopic (exact) mass is 1260 g/mol. The number of aromatic nitrogens is 3. The average Bonchev–Trinajstić information content (AvgIpc) is 0.915. The van der Waals surface area contributed by atoms with Crippen LogP contribution in [0.4, 0.5) is 0 Å². The fourth-order valence-electron chi connectivity index (χ4n) is 8.86. The maximum Gasteiger partial charge on any atom is 0.0735 e. The smallest absolute Gasteiger partial charge is 0.0735 e. The minimum Gasteiger partial charge on any atom is -0.374 e. The molecule has 0 spiro atoms. The van der Waals surface area contributed by atoms with Crippen LogP contribution in [0, 0.1) is 5.92 Å². The van der Waals surface area contributed by atoms with Crippen LogP contribution in [-0.2, 0) is 51.8 Å². The molecule has 0 N–H and O–H groups in total. The number of fused-ring (bicyclic) bond motifs is 3. The highest BCUT2D eigenvalue weighted by Crippen LogP contribution is 2.22. The number of rotatable bonds is 18. The largest absolute Gasteiger partial charge is 0.374 e. The van der Waals surface area contributed by atoms with Gasteiger partial charge in [-0.2, -0.15) is 0 Å². The third-order valence-corrected chi connectivity index (χ3v) is 14.5. The molecule has 0 aliphatic rings. The maximum atomic E-state index is 5.58. The third-order valence-electron chi connectivity index (χ3n) is 14.5. The first-order valence-corrected chi connectivity index (χ1v) is 33.9. The van der Waals surface area contributed by atoms with E-state index in [9.17, 15) is 0 Å². The second-order valence-corrected chi connectivity index (χ2v) is 25.7. The van der Waals surface area contributed by atoms with Crippen molar-refractivity contribution in [3.8, 4) is 0 Å². The van der Waals surface area contributed by atoms with Gasteiger partial charge in [0.1, 0.15) is 0 Å². The molecule has 3 aromatic heterocycles. The minimum absolute atomic E-state index is 0.261. The summed E-state index contributed by atoms with van der Waals surface area (Å²) >= 11 is 0. The lowest BCUT2D eigenvalue weighted by molar-refractivity contribution is 0.0654. The molecule has 0 aliphatic heterocycles. The number of hydrogen-bond donors (Lipinski definition) is 0. The van der Waals surface area contributed by atoms with Gasteiger partial charge in [0.25, 0.3) is 0 Å². The van der Waals surface area contributed by atoms with E-state index >= 15 is 0 Å². The SMILES string of the molecule is CC(C)CCc1ccccc1.CC(C)OCc1ccc2ccccc2c1.CC(C)OCc1ccccc1.CC(C)OCc1cccnc1.CC(C)OCc1cnc2ccccc2c1.CC(C)c1ccc2ccccc2c1.CC(C)c1ccccc1.CC(C)c1cccnc1. The molecule has 0 bridgehead atoms. The Bertz CT molecular complexity index is 3400. The standard InChI is InChI=1S/C14H16O.C13H15NO.C13H14.C11H16.C10H14O.C9H13NO.C9H12.C8H11N/c1-11(2)15-10-12-7-8-13-5-3-4-6-14(13)9-12;1-10(2)15-9-11-7-12-5-3-4-6-13(12)14-8-11;1-10(2)12-8-7-11-5-3-4-6-13(11)9-12;1-10(2)8-9-11-6-4-3-5-7-11;1-9(2)11-8-10-6-4-3-5-7-10;1-8(2)11-7-9-4-3-5-10-6-9;1-8(2)9-6-4-3-5-7-9;1-7(2)8-4-3-5-9-6-8/h3-9,11H,10H2,1-2H3;3-8,10H,9H2,1-2H3;3-10H,1-2H3;3-7,10H,8-9H2,1-2H3;3-7,9H,8H2,1-2H3;3-6,8H,7H2,1-2H3;3-8H,1-2H3;3-7H,1-2H3. The van der Waals surface area contributed by atoms with Crippen LogP contribution in [0.5, 0.6) is 0 Å². The van der Waals surface area contributed by atoms with E-state index in [1.54, 1.807) is 12.4 Å². The Morgan fingerprint density at radius 1 is 0.277 bits per heavy atom. The topological polar surface area (TPSA) is 75.6 Å². The van der Waals surface area contributed by atoms with Crippen LogP contribution >= 0.6 is 0 Å². The molecule has 94 heavy (non-hydrogen) atoms. The molecule has 0 unspecified atom stereocenters. The summed E-state index contributed by atoms with van der Waals surface area (Å²) in [7, 11) is 0. The number of pyridine rings is 3. The first-order chi connectivity index (χ1) is 45.3. The summed E-state index contributed by atoms with van der Waals surface area (Å²) in [5.41, 5.74) is 11.4. The average molecular weight is 1260 g/mol. The third kappa shape index (κ3) is 34.7. The highest BCUT2D eigenvalue weighted by Gasteiger charge is 2.03. The van der Waals surface area contributed by atoms with Crippen LogP contribution in [0.2, 0.25) is 0 Å². The fourth-order valence-corrected chi connectivity index (χ4v) is 8.86. The Hall–Kier alpha value is -8.17. The minimum atomic E-state index is 0.261. The van der Waals surface area contributed by atoms with Gasteiger partial charge in [-0.25, -0.2) is 0 Å². The van der Waals surface area contributed by atoms with Gasteiger partial charge >= 0.3 is 0 Å². The van der Waals surface area contributed by atoms with E-state index in [1.165, 1.54) is 73.2 Å². The highest BCUT2D eigenvalue weighted by atomic mass is 16.5. The highest BCUT2D eigenvalue weighted by molar-refractivity contribution is 5.84. The van der Waals surface area contributed by atoms with Gasteiger partial charge in [0, 0.05) is 36.4 Å². The molecule has 0 amide bonds. The lowest BCUT2D eigenvalue weighted by Gasteiger charge is -2.08. The molecule has 11 aromatic rings. The molecule has 0 saturated carbocycles. The summed E-state index contributed by atoms with van der Waals surface area (Å²) < 4.78 is 21.9. The molecule has 0 aliphatic carbocycles. The van der Waals surface area contributed by atoms with Crippen molar-refractivity contribution in [2.75, 3.05) is 0 Å². The predicted octanol–water partition coefficient (Wildman–Crippen LogP) is 23.8. The van der Waals surface area contributed by atoms with Crippen LogP contribution < -0.4 is 0 Å². The molecule has 11 rings (SSSR count). The van der Waals surface area contributed by atoms with Crippen molar-refractivity contribution in [3.05, 3.63) is 306 Å². The van der Waals surface area contributed by atoms with Crippen LogP contribution in [0.25, 0.3) is 32.4 Å². The van der Waals surface area contributed by atoms with E-state index in [1.807, 2.05) is 121 Å². The zero-order valence-electron chi connectivity index (χ0n) is 59.7. The lowest BCUT2D eigenvalue weighted by atomic mass is 9.99.